The lowest BCUT2D eigenvalue weighted by Gasteiger charge is -2.30. The molecule has 0 aliphatic heterocycles. The van der Waals surface area contributed by atoms with Crippen molar-refractivity contribution < 1.29 is 26.7 Å². The quantitative estimate of drug-likeness (QED) is 0.169. The maximum atomic E-state index is 15.8. The summed E-state index contributed by atoms with van der Waals surface area (Å²) in [7, 11) is 0. The molecule has 0 radical (unpaired) electrons. The summed E-state index contributed by atoms with van der Waals surface area (Å²) < 4.78 is 78.0. The van der Waals surface area contributed by atoms with Crippen molar-refractivity contribution in [2.75, 3.05) is 0 Å². The number of benzene rings is 3. The Hall–Kier alpha value is -2.89. The zero-order chi connectivity index (χ0) is 25.8. The van der Waals surface area contributed by atoms with Gasteiger partial charge in [-0.3, -0.25) is 0 Å². The molecule has 0 amide bonds. The summed E-state index contributed by atoms with van der Waals surface area (Å²) in [5, 5.41) is 0. The van der Waals surface area contributed by atoms with Crippen LogP contribution in [0.5, 0.6) is 11.5 Å². The van der Waals surface area contributed by atoms with Gasteiger partial charge in [-0.05, 0) is 79.8 Å². The molecule has 6 heteroatoms. The third kappa shape index (κ3) is 5.58. The van der Waals surface area contributed by atoms with Crippen molar-refractivity contribution >= 4 is 0 Å². The van der Waals surface area contributed by atoms with Crippen LogP contribution in [0.2, 0.25) is 0 Å². The topological polar surface area (TPSA) is 9.23 Å². The van der Waals surface area contributed by atoms with E-state index >= 15 is 8.78 Å². The van der Waals surface area contributed by atoms with E-state index in [0.29, 0.717) is 5.92 Å². The van der Waals surface area contributed by atoms with Gasteiger partial charge in [0.05, 0.1) is 0 Å². The number of ether oxygens (including phenoxy) is 1. The number of rotatable bonds is 8. The molecule has 1 aliphatic carbocycles. The van der Waals surface area contributed by atoms with Crippen LogP contribution in [0.1, 0.15) is 75.3 Å². The first-order valence-electron chi connectivity index (χ1n) is 12.7. The predicted molar refractivity (Wildman–Crippen MR) is 132 cm³/mol. The van der Waals surface area contributed by atoms with Gasteiger partial charge < -0.3 is 4.74 Å². The number of aryl methyl sites for hydroxylation is 1. The molecule has 1 nitrogen and oxygen atoms in total. The average Bonchev–Trinajstić information content (AvgIpc) is 2.86. The van der Waals surface area contributed by atoms with Crippen LogP contribution in [0.3, 0.4) is 0 Å². The van der Waals surface area contributed by atoms with Crippen LogP contribution in [0.15, 0.2) is 42.5 Å². The molecule has 36 heavy (non-hydrogen) atoms. The Morgan fingerprint density at radius 3 is 2.14 bits per heavy atom. The highest BCUT2D eigenvalue weighted by atomic mass is 19.2. The molecule has 0 heterocycles. The van der Waals surface area contributed by atoms with E-state index in [4.69, 9.17) is 4.74 Å². The van der Waals surface area contributed by atoms with Crippen molar-refractivity contribution in [3.8, 4) is 22.6 Å². The Balaban J connectivity index is 1.62. The van der Waals surface area contributed by atoms with Crippen LogP contribution >= 0.6 is 0 Å². The van der Waals surface area contributed by atoms with Gasteiger partial charge >= 0.3 is 0 Å². The monoisotopic (exact) mass is 502 g/mol. The Morgan fingerprint density at radius 2 is 1.47 bits per heavy atom. The van der Waals surface area contributed by atoms with Crippen LogP contribution in [-0.2, 0) is 0 Å². The minimum atomic E-state index is -1.57. The fraction of sp³-hybridized carbons (Fsp3) is 0.400. The van der Waals surface area contributed by atoms with Crippen molar-refractivity contribution in [3.05, 3.63) is 82.7 Å². The average molecular weight is 503 g/mol. The molecule has 1 saturated carbocycles. The second-order valence-corrected chi connectivity index (χ2v) is 9.80. The molecule has 3 aromatic carbocycles. The molecule has 1 fully saturated rings. The summed E-state index contributed by atoms with van der Waals surface area (Å²) in [6.07, 6.45) is 8.07. The minimum absolute atomic E-state index is 0.0407. The molecule has 1 aliphatic rings. The molecule has 192 valence electrons. The van der Waals surface area contributed by atoms with Crippen LogP contribution < -0.4 is 4.74 Å². The first kappa shape index (κ1) is 26.2. The summed E-state index contributed by atoms with van der Waals surface area (Å²) in [5.41, 5.74) is 0.614. The van der Waals surface area contributed by atoms with E-state index in [1.54, 1.807) is 25.1 Å². The summed E-state index contributed by atoms with van der Waals surface area (Å²) in [6, 6.07) is 9.32. The molecule has 0 atom stereocenters. The van der Waals surface area contributed by atoms with Gasteiger partial charge in [0.2, 0.25) is 0 Å². The largest absolute Gasteiger partial charge is 0.453 e. The molecule has 4 rings (SSSR count). The third-order valence-corrected chi connectivity index (χ3v) is 7.26. The highest BCUT2D eigenvalue weighted by Crippen LogP contribution is 2.44. The van der Waals surface area contributed by atoms with Gasteiger partial charge in [0.25, 0.3) is 0 Å². The first-order chi connectivity index (χ1) is 17.3. The van der Waals surface area contributed by atoms with E-state index in [2.05, 4.69) is 6.92 Å². The van der Waals surface area contributed by atoms with Gasteiger partial charge in [0.1, 0.15) is 11.6 Å². The van der Waals surface area contributed by atoms with E-state index in [9.17, 15) is 13.2 Å². The summed E-state index contributed by atoms with van der Waals surface area (Å²) in [4.78, 5) is 0. The van der Waals surface area contributed by atoms with E-state index in [1.165, 1.54) is 31.4 Å². The van der Waals surface area contributed by atoms with Crippen LogP contribution in [-0.4, -0.2) is 0 Å². The lowest BCUT2D eigenvalue weighted by Crippen LogP contribution is -2.16. The van der Waals surface area contributed by atoms with Crippen molar-refractivity contribution in [2.45, 2.75) is 71.1 Å². The van der Waals surface area contributed by atoms with Crippen molar-refractivity contribution in [2.24, 2.45) is 5.92 Å². The smallest absolute Gasteiger partial charge is 0.194 e. The van der Waals surface area contributed by atoms with Gasteiger partial charge in [-0.1, -0.05) is 50.8 Å². The molecule has 0 spiro atoms. The maximum Gasteiger partial charge on any atom is 0.194 e. The molecular weight excluding hydrogens is 471 g/mol. The maximum absolute atomic E-state index is 15.8. The first-order valence-corrected chi connectivity index (χ1v) is 12.7. The molecule has 0 N–H and O–H groups in total. The van der Waals surface area contributed by atoms with Gasteiger partial charge in [-0.15, -0.1) is 0 Å². The lowest BCUT2D eigenvalue weighted by molar-refractivity contribution is 0.293. The van der Waals surface area contributed by atoms with Gasteiger partial charge in [0.15, 0.2) is 29.0 Å². The van der Waals surface area contributed by atoms with Gasteiger partial charge in [0, 0.05) is 11.1 Å². The number of hydrogen-bond acceptors (Lipinski definition) is 1. The van der Waals surface area contributed by atoms with E-state index < -0.39 is 29.1 Å². The summed E-state index contributed by atoms with van der Waals surface area (Å²) in [6.45, 7) is 3.73. The van der Waals surface area contributed by atoms with Gasteiger partial charge in [-0.25, -0.2) is 22.0 Å². The highest BCUT2D eigenvalue weighted by Gasteiger charge is 2.29. The standard InChI is InChI=1S/C30H31F5O/c1-3-4-5-8-19-11-13-20(14-12-19)27-23(31)15-18(2)30(29(27)35)36-26-10-7-6-9-22(26)21-16-24(32)28(34)25(33)17-21/h6-7,9-10,15-17,19-20H,3-5,8,11-14H2,1-2H3/t19-,20-. The Kier molecular flexibility index (Phi) is 8.32. The Bertz CT molecular complexity index is 1190. The highest BCUT2D eigenvalue weighted by molar-refractivity contribution is 5.71. The molecular formula is C30H31F5O. The minimum Gasteiger partial charge on any atom is -0.453 e. The molecule has 0 unspecified atom stereocenters. The fourth-order valence-corrected chi connectivity index (χ4v) is 5.27. The van der Waals surface area contributed by atoms with E-state index in [-0.39, 0.29) is 39.7 Å². The fourth-order valence-electron chi connectivity index (χ4n) is 5.27. The SMILES string of the molecule is CCCCC[C@H]1CC[C@H](c2c(F)cc(C)c(Oc3ccccc3-c3cc(F)c(F)c(F)c3)c2F)CC1. The lowest BCUT2D eigenvalue weighted by atomic mass is 9.76. The number of para-hydroxylation sites is 1. The van der Waals surface area contributed by atoms with Crippen molar-refractivity contribution in [3.63, 3.8) is 0 Å². The number of hydrogen-bond donors (Lipinski definition) is 0. The molecule has 0 saturated heterocycles. The Morgan fingerprint density at radius 1 is 0.806 bits per heavy atom. The van der Waals surface area contributed by atoms with E-state index in [0.717, 1.165) is 44.2 Å². The predicted octanol–water partition coefficient (Wildman–Crippen LogP) is 10.0. The summed E-state index contributed by atoms with van der Waals surface area (Å²) in [5.74, 6) is -5.19. The Labute approximate surface area is 209 Å². The summed E-state index contributed by atoms with van der Waals surface area (Å²) >= 11 is 0. The van der Waals surface area contributed by atoms with Crippen LogP contribution in [0, 0.1) is 41.9 Å². The van der Waals surface area contributed by atoms with Gasteiger partial charge in [-0.2, -0.15) is 0 Å². The second-order valence-electron chi connectivity index (χ2n) is 9.80. The normalized spacial score (nSPS) is 17.9. The zero-order valence-electron chi connectivity index (χ0n) is 20.7. The molecule has 3 aromatic rings. The molecule has 0 aromatic heterocycles. The van der Waals surface area contributed by atoms with Crippen molar-refractivity contribution in [1.29, 1.82) is 0 Å². The zero-order valence-corrected chi connectivity index (χ0v) is 20.7. The van der Waals surface area contributed by atoms with Crippen molar-refractivity contribution in [1.82, 2.24) is 0 Å². The third-order valence-electron chi connectivity index (χ3n) is 7.26. The second kappa shape index (κ2) is 11.4. The van der Waals surface area contributed by atoms with Crippen LogP contribution in [0.25, 0.3) is 11.1 Å². The van der Waals surface area contributed by atoms with Crippen LogP contribution in [0.4, 0.5) is 22.0 Å². The van der Waals surface area contributed by atoms with E-state index in [1.807, 2.05) is 0 Å². The molecule has 0 bridgehead atoms. The number of unbranched alkanes of at least 4 members (excludes halogenated alkanes) is 2. The number of halogens is 5.